The van der Waals surface area contributed by atoms with E-state index in [4.69, 9.17) is 0 Å². The molecule has 0 fully saturated rings. The highest BCUT2D eigenvalue weighted by Gasteiger charge is 2.31. The number of hydrogen-bond acceptors (Lipinski definition) is 6. The van der Waals surface area contributed by atoms with Crippen LogP contribution in [0.5, 0.6) is 5.75 Å². The van der Waals surface area contributed by atoms with E-state index in [0.29, 0.717) is 29.1 Å². The number of benzene rings is 1. The Hall–Kier alpha value is -2.26. The van der Waals surface area contributed by atoms with Crippen LogP contribution in [0.3, 0.4) is 0 Å². The quantitative estimate of drug-likeness (QED) is 0.756. The molecule has 9 heteroatoms. The van der Waals surface area contributed by atoms with Crippen molar-refractivity contribution in [3.63, 3.8) is 0 Å². The summed E-state index contributed by atoms with van der Waals surface area (Å²) >= 11 is 1.39. The van der Waals surface area contributed by atoms with Gasteiger partial charge in [-0.2, -0.15) is 0 Å². The average molecular weight is 354 g/mol. The molecule has 0 spiro atoms. The summed E-state index contributed by atoms with van der Waals surface area (Å²) in [6.45, 7) is 3.26. The van der Waals surface area contributed by atoms with E-state index in [1.54, 1.807) is 5.51 Å². The van der Waals surface area contributed by atoms with Crippen LogP contribution < -0.4 is 10.1 Å². The van der Waals surface area contributed by atoms with E-state index in [0.717, 1.165) is 11.4 Å². The maximum absolute atomic E-state index is 12.2. The number of rotatable bonds is 5. The molecule has 0 unspecified atom stereocenters. The molecule has 0 aliphatic carbocycles. The topological polar surface area (TPSA) is 59.9 Å². The molecule has 1 N–H and O–H groups in total. The summed E-state index contributed by atoms with van der Waals surface area (Å²) in [5.74, 6) is 0.335. The number of halogens is 3. The molecule has 3 rings (SSSR count). The Kier molecular flexibility index (Phi) is 4.63. The maximum Gasteiger partial charge on any atom is 0.573 e. The Morgan fingerprint density at radius 2 is 1.92 bits per heavy atom. The normalized spacial score (nSPS) is 11.8. The van der Waals surface area contributed by atoms with Crippen molar-refractivity contribution < 1.29 is 17.9 Å². The first-order chi connectivity index (χ1) is 11.5. The van der Waals surface area contributed by atoms with E-state index in [1.807, 2.05) is 6.92 Å². The van der Waals surface area contributed by atoms with E-state index in [9.17, 15) is 13.2 Å². The van der Waals surface area contributed by atoms with Gasteiger partial charge >= 0.3 is 6.36 Å². The third-order valence-electron chi connectivity index (χ3n) is 3.14. The average Bonchev–Trinajstić information content (AvgIpc) is 3.00. The number of thiazole rings is 1. The molecule has 0 saturated carbocycles. The zero-order valence-corrected chi connectivity index (χ0v) is 13.4. The van der Waals surface area contributed by atoms with Crippen LogP contribution in [0.2, 0.25) is 0 Å². The largest absolute Gasteiger partial charge is 0.573 e. The highest BCUT2D eigenvalue weighted by Crippen LogP contribution is 2.30. The Labute approximate surface area is 139 Å². The lowest BCUT2D eigenvalue weighted by Gasteiger charge is -2.10. The maximum atomic E-state index is 12.2. The Balaban J connectivity index is 1.97. The number of hydrogen-bond donors (Lipinski definition) is 1. The fourth-order valence-corrected chi connectivity index (χ4v) is 2.81. The lowest BCUT2D eigenvalue weighted by Crippen LogP contribution is -2.17. The monoisotopic (exact) mass is 354 g/mol. The number of ether oxygens (including phenoxy) is 1. The summed E-state index contributed by atoms with van der Waals surface area (Å²) in [6.07, 6.45) is -4.71. The van der Waals surface area contributed by atoms with E-state index in [-0.39, 0.29) is 5.75 Å². The molecule has 0 atom stereocenters. The number of alkyl halides is 3. The second kappa shape index (κ2) is 6.70. The van der Waals surface area contributed by atoms with Crippen molar-refractivity contribution in [2.45, 2.75) is 19.8 Å². The number of aromatic nitrogens is 3. The molecule has 0 saturated heterocycles. The minimum atomic E-state index is -4.71. The lowest BCUT2D eigenvalue weighted by atomic mass is 10.1. The molecular formula is C15H13F3N4OS. The van der Waals surface area contributed by atoms with Gasteiger partial charge in [0, 0.05) is 5.56 Å². The van der Waals surface area contributed by atoms with E-state index in [1.165, 1.54) is 35.6 Å². The molecule has 5 nitrogen and oxygen atoms in total. The SMILES string of the molecule is CCNCc1nc(-c2ccc(OC(F)(F)F)cc2)c2ncsc2n1. The van der Waals surface area contributed by atoms with Gasteiger partial charge in [-0.3, -0.25) is 0 Å². The summed E-state index contributed by atoms with van der Waals surface area (Å²) in [6, 6.07) is 5.57. The van der Waals surface area contributed by atoms with Crippen LogP contribution in [0, 0.1) is 0 Å². The van der Waals surface area contributed by atoms with Gasteiger partial charge in [0.15, 0.2) is 0 Å². The van der Waals surface area contributed by atoms with Gasteiger partial charge in [-0.05, 0) is 30.8 Å². The van der Waals surface area contributed by atoms with Crippen LogP contribution in [0.15, 0.2) is 29.8 Å². The molecule has 3 aromatic rings. The minimum absolute atomic E-state index is 0.275. The molecule has 0 aliphatic heterocycles. The van der Waals surface area contributed by atoms with Crippen molar-refractivity contribution in [3.8, 4) is 17.0 Å². The van der Waals surface area contributed by atoms with Crippen molar-refractivity contribution in [2.24, 2.45) is 0 Å². The third kappa shape index (κ3) is 3.80. The van der Waals surface area contributed by atoms with Gasteiger partial charge in [-0.15, -0.1) is 24.5 Å². The molecule has 0 aliphatic rings. The van der Waals surface area contributed by atoms with Gasteiger partial charge in [0.25, 0.3) is 0 Å². The third-order valence-corrected chi connectivity index (χ3v) is 3.86. The molecular weight excluding hydrogens is 341 g/mol. The second-order valence-corrected chi connectivity index (χ2v) is 5.68. The summed E-state index contributed by atoms with van der Waals surface area (Å²) in [5, 5.41) is 3.15. The standard InChI is InChI=1S/C15H13F3N4OS/c1-2-19-7-11-21-12(13-14(22-11)24-8-20-13)9-3-5-10(6-4-9)23-15(16,17)18/h3-6,8,19H,2,7H2,1H3. The van der Waals surface area contributed by atoms with Crippen molar-refractivity contribution >= 4 is 21.7 Å². The van der Waals surface area contributed by atoms with Gasteiger partial charge in [0.2, 0.25) is 0 Å². The van der Waals surface area contributed by atoms with Gasteiger partial charge in [-0.25, -0.2) is 15.0 Å². The zero-order chi connectivity index (χ0) is 17.2. The predicted molar refractivity (Wildman–Crippen MR) is 84.7 cm³/mol. The van der Waals surface area contributed by atoms with Crippen LogP contribution in [0.1, 0.15) is 12.7 Å². The summed E-state index contributed by atoms with van der Waals surface area (Å²) < 4.78 is 40.6. The van der Waals surface area contributed by atoms with Crippen molar-refractivity contribution in [3.05, 3.63) is 35.6 Å². The molecule has 0 amide bonds. The smallest absolute Gasteiger partial charge is 0.406 e. The van der Waals surface area contributed by atoms with Crippen LogP contribution in [0.25, 0.3) is 21.6 Å². The lowest BCUT2D eigenvalue weighted by molar-refractivity contribution is -0.274. The molecule has 2 heterocycles. The first-order valence-corrected chi connectivity index (χ1v) is 8.01. The summed E-state index contributed by atoms with van der Waals surface area (Å²) in [7, 11) is 0. The van der Waals surface area contributed by atoms with Crippen molar-refractivity contribution in [1.82, 2.24) is 20.3 Å². The fraction of sp³-hybridized carbons (Fsp3) is 0.267. The van der Waals surface area contributed by atoms with Crippen LogP contribution in [0.4, 0.5) is 13.2 Å². The molecule has 2 aromatic heterocycles. The van der Waals surface area contributed by atoms with Gasteiger partial charge in [0.1, 0.15) is 27.6 Å². The van der Waals surface area contributed by atoms with Crippen molar-refractivity contribution in [2.75, 3.05) is 6.54 Å². The van der Waals surface area contributed by atoms with Crippen LogP contribution in [-0.2, 0) is 6.54 Å². The van der Waals surface area contributed by atoms with Gasteiger partial charge in [-0.1, -0.05) is 6.92 Å². The highest BCUT2D eigenvalue weighted by molar-refractivity contribution is 7.16. The summed E-state index contributed by atoms with van der Waals surface area (Å²) in [5.41, 5.74) is 3.54. The Morgan fingerprint density at radius 3 is 2.58 bits per heavy atom. The zero-order valence-electron chi connectivity index (χ0n) is 12.6. The Bertz CT molecular complexity index is 833. The molecule has 0 bridgehead atoms. The summed E-state index contributed by atoms with van der Waals surface area (Å²) in [4.78, 5) is 13.9. The van der Waals surface area contributed by atoms with Gasteiger partial charge < -0.3 is 10.1 Å². The fourth-order valence-electron chi connectivity index (χ4n) is 2.14. The highest BCUT2D eigenvalue weighted by atomic mass is 32.1. The van der Waals surface area contributed by atoms with E-state index >= 15 is 0 Å². The number of fused-ring (bicyclic) bond motifs is 1. The van der Waals surface area contributed by atoms with Gasteiger partial charge in [0.05, 0.1) is 12.1 Å². The van der Waals surface area contributed by atoms with Crippen molar-refractivity contribution in [1.29, 1.82) is 0 Å². The van der Waals surface area contributed by atoms with E-state index in [2.05, 4.69) is 25.0 Å². The Morgan fingerprint density at radius 1 is 1.17 bits per heavy atom. The first kappa shape index (κ1) is 16.6. The second-order valence-electron chi connectivity index (χ2n) is 4.85. The predicted octanol–water partition coefficient (Wildman–Crippen LogP) is 3.76. The molecule has 1 aromatic carbocycles. The minimum Gasteiger partial charge on any atom is -0.406 e. The first-order valence-electron chi connectivity index (χ1n) is 7.13. The van der Waals surface area contributed by atoms with E-state index < -0.39 is 6.36 Å². The molecule has 24 heavy (non-hydrogen) atoms. The molecule has 0 radical (unpaired) electrons. The number of nitrogens with one attached hydrogen (secondary N) is 1. The number of nitrogens with zero attached hydrogens (tertiary/aromatic N) is 3. The molecule has 126 valence electrons. The van der Waals surface area contributed by atoms with Crippen LogP contribution >= 0.6 is 11.3 Å². The van der Waals surface area contributed by atoms with Crippen LogP contribution in [-0.4, -0.2) is 27.9 Å².